The first-order chi connectivity index (χ1) is 10.2. The van der Waals surface area contributed by atoms with Crippen molar-refractivity contribution in [3.8, 4) is 6.07 Å². The van der Waals surface area contributed by atoms with Gasteiger partial charge in [-0.05, 0) is 74.4 Å². The van der Waals surface area contributed by atoms with Crippen molar-refractivity contribution in [3.63, 3.8) is 0 Å². The van der Waals surface area contributed by atoms with Gasteiger partial charge in [-0.15, -0.1) is 0 Å². The minimum atomic E-state index is 0.633. The normalized spacial score (nSPS) is 13.4. The van der Waals surface area contributed by atoms with Crippen LogP contribution in [0.2, 0.25) is 0 Å². The van der Waals surface area contributed by atoms with E-state index in [1.165, 1.54) is 29.5 Å². The molecule has 3 heteroatoms. The summed E-state index contributed by atoms with van der Waals surface area (Å²) in [6, 6.07) is 10.5. The second-order valence-electron chi connectivity index (χ2n) is 5.73. The maximum Gasteiger partial charge on any atom is 0.148 e. The van der Waals surface area contributed by atoms with Crippen LogP contribution in [0, 0.1) is 25.2 Å². The van der Waals surface area contributed by atoms with Crippen molar-refractivity contribution in [1.29, 1.82) is 5.26 Å². The molecule has 0 spiro atoms. The highest BCUT2D eigenvalue weighted by Gasteiger charge is 2.15. The third-order valence-electron chi connectivity index (χ3n) is 4.19. The second-order valence-corrected chi connectivity index (χ2v) is 5.73. The molecule has 1 aromatic carbocycles. The lowest BCUT2D eigenvalue weighted by Crippen LogP contribution is -2.09. The molecule has 0 amide bonds. The zero-order chi connectivity index (χ0) is 14.8. The molecule has 0 radical (unpaired) electrons. The fraction of sp³-hybridized carbons (Fsp3) is 0.333. The number of fused-ring (bicyclic) bond motifs is 1. The fourth-order valence-electron chi connectivity index (χ4n) is 2.77. The minimum Gasteiger partial charge on any atom is -0.339 e. The molecular weight excluding hydrogens is 258 g/mol. The first-order valence-electron chi connectivity index (χ1n) is 7.44. The molecule has 1 aliphatic carbocycles. The summed E-state index contributed by atoms with van der Waals surface area (Å²) < 4.78 is 0. The summed E-state index contributed by atoms with van der Waals surface area (Å²) in [4.78, 5) is 4.70. The molecule has 106 valence electrons. The van der Waals surface area contributed by atoms with Gasteiger partial charge in [-0.2, -0.15) is 5.26 Å². The van der Waals surface area contributed by atoms with Crippen LogP contribution in [0.15, 0.2) is 24.3 Å². The fourth-order valence-corrected chi connectivity index (χ4v) is 2.77. The average Bonchev–Trinajstić information content (AvgIpc) is 2.50. The maximum absolute atomic E-state index is 9.37. The molecule has 3 rings (SSSR count). The summed E-state index contributed by atoms with van der Waals surface area (Å²) in [6.45, 7) is 4.18. The van der Waals surface area contributed by atoms with Gasteiger partial charge in [0.1, 0.15) is 11.9 Å². The number of rotatable bonds is 2. The van der Waals surface area contributed by atoms with Gasteiger partial charge in [-0.25, -0.2) is 4.98 Å². The quantitative estimate of drug-likeness (QED) is 0.895. The lowest BCUT2D eigenvalue weighted by molar-refractivity contribution is 0.668. The van der Waals surface area contributed by atoms with E-state index in [0.29, 0.717) is 11.4 Å². The highest BCUT2D eigenvalue weighted by Crippen LogP contribution is 2.26. The molecule has 1 aliphatic rings. The number of benzene rings is 1. The van der Waals surface area contributed by atoms with Crippen LogP contribution >= 0.6 is 0 Å². The van der Waals surface area contributed by atoms with Crippen LogP contribution in [0.5, 0.6) is 0 Å². The van der Waals surface area contributed by atoms with Crippen molar-refractivity contribution in [2.45, 2.75) is 39.5 Å². The number of pyridine rings is 1. The van der Waals surface area contributed by atoms with Gasteiger partial charge < -0.3 is 5.32 Å². The topological polar surface area (TPSA) is 48.7 Å². The molecule has 0 fully saturated rings. The molecule has 1 aromatic heterocycles. The molecule has 0 aliphatic heterocycles. The Hall–Kier alpha value is -2.34. The molecule has 0 saturated heterocycles. The van der Waals surface area contributed by atoms with Crippen molar-refractivity contribution in [2.24, 2.45) is 0 Å². The molecule has 0 saturated carbocycles. The zero-order valence-corrected chi connectivity index (χ0v) is 12.5. The van der Waals surface area contributed by atoms with Gasteiger partial charge in [-0.1, -0.05) is 6.07 Å². The number of nitrogens with zero attached hydrogens (tertiary/aromatic N) is 2. The molecule has 0 atom stereocenters. The molecule has 1 N–H and O–H groups in total. The summed E-state index contributed by atoms with van der Waals surface area (Å²) in [5.41, 5.74) is 6.50. The Balaban J connectivity index is 1.97. The molecular formula is C18H19N3. The van der Waals surface area contributed by atoms with Crippen molar-refractivity contribution in [1.82, 2.24) is 4.98 Å². The Labute approximate surface area is 125 Å². The SMILES string of the molecule is Cc1ccc(Nc2nc3c(cc2C#N)CCCC3)cc1C. The summed E-state index contributed by atoms with van der Waals surface area (Å²) in [5, 5.41) is 12.7. The second kappa shape index (κ2) is 5.57. The highest BCUT2D eigenvalue weighted by atomic mass is 15.0. The summed E-state index contributed by atoms with van der Waals surface area (Å²) in [5.74, 6) is 0.682. The van der Waals surface area contributed by atoms with Gasteiger partial charge in [-0.3, -0.25) is 0 Å². The van der Waals surface area contributed by atoms with Crippen LogP contribution < -0.4 is 5.32 Å². The zero-order valence-electron chi connectivity index (χ0n) is 12.5. The van der Waals surface area contributed by atoms with Crippen molar-refractivity contribution >= 4 is 11.5 Å². The number of aromatic nitrogens is 1. The van der Waals surface area contributed by atoms with Gasteiger partial charge in [0.05, 0.1) is 5.56 Å². The Morgan fingerprint density at radius 1 is 1.10 bits per heavy atom. The first-order valence-corrected chi connectivity index (χ1v) is 7.44. The first kappa shape index (κ1) is 13.6. The molecule has 1 heterocycles. The van der Waals surface area contributed by atoms with Crippen LogP contribution in [-0.4, -0.2) is 4.98 Å². The van der Waals surface area contributed by atoms with Crippen molar-refractivity contribution < 1.29 is 0 Å². The standard InChI is InChI=1S/C18H19N3/c1-12-7-8-16(9-13(12)2)20-18-15(11-19)10-14-5-3-4-6-17(14)21-18/h7-10H,3-6H2,1-2H3,(H,20,21). The van der Waals surface area contributed by atoms with E-state index < -0.39 is 0 Å². The van der Waals surface area contributed by atoms with E-state index in [1.807, 2.05) is 12.1 Å². The number of anilines is 2. The monoisotopic (exact) mass is 277 g/mol. The van der Waals surface area contributed by atoms with Crippen LogP contribution in [0.3, 0.4) is 0 Å². The Kier molecular flexibility index (Phi) is 3.62. The number of nitrogens with one attached hydrogen (secondary N) is 1. The van der Waals surface area contributed by atoms with Gasteiger partial charge in [0.15, 0.2) is 0 Å². The average molecular weight is 277 g/mol. The van der Waals surface area contributed by atoms with E-state index in [0.717, 1.165) is 24.2 Å². The van der Waals surface area contributed by atoms with Gasteiger partial charge in [0.2, 0.25) is 0 Å². The Morgan fingerprint density at radius 3 is 2.67 bits per heavy atom. The number of nitriles is 1. The van der Waals surface area contributed by atoms with Crippen LogP contribution in [0.1, 0.15) is 40.8 Å². The van der Waals surface area contributed by atoms with Crippen LogP contribution in [0.4, 0.5) is 11.5 Å². The Morgan fingerprint density at radius 2 is 1.90 bits per heavy atom. The molecule has 3 nitrogen and oxygen atoms in total. The van der Waals surface area contributed by atoms with E-state index in [9.17, 15) is 5.26 Å². The van der Waals surface area contributed by atoms with E-state index >= 15 is 0 Å². The Bertz CT molecular complexity index is 726. The van der Waals surface area contributed by atoms with E-state index in [-0.39, 0.29) is 0 Å². The summed E-state index contributed by atoms with van der Waals surface area (Å²) >= 11 is 0. The van der Waals surface area contributed by atoms with Crippen LogP contribution in [0.25, 0.3) is 0 Å². The predicted octanol–water partition coefficient (Wildman–Crippen LogP) is 4.19. The number of hydrogen-bond donors (Lipinski definition) is 1. The molecule has 21 heavy (non-hydrogen) atoms. The lowest BCUT2D eigenvalue weighted by atomic mass is 9.95. The smallest absolute Gasteiger partial charge is 0.148 e. The van der Waals surface area contributed by atoms with Crippen LogP contribution in [-0.2, 0) is 12.8 Å². The molecule has 0 bridgehead atoms. The van der Waals surface area contributed by atoms with E-state index in [1.54, 1.807) is 0 Å². The highest BCUT2D eigenvalue weighted by molar-refractivity contribution is 5.64. The third kappa shape index (κ3) is 2.75. The largest absolute Gasteiger partial charge is 0.339 e. The third-order valence-corrected chi connectivity index (χ3v) is 4.19. The predicted molar refractivity (Wildman–Crippen MR) is 84.8 cm³/mol. The summed E-state index contributed by atoms with van der Waals surface area (Å²) in [6.07, 6.45) is 4.45. The molecule has 2 aromatic rings. The number of hydrogen-bond acceptors (Lipinski definition) is 3. The van der Waals surface area contributed by atoms with Gasteiger partial charge in [0, 0.05) is 11.4 Å². The van der Waals surface area contributed by atoms with E-state index in [4.69, 9.17) is 4.98 Å². The maximum atomic E-state index is 9.37. The van der Waals surface area contributed by atoms with Crippen molar-refractivity contribution in [3.05, 3.63) is 52.2 Å². The number of aryl methyl sites for hydroxylation is 4. The van der Waals surface area contributed by atoms with Crippen molar-refractivity contribution in [2.75, 3.05) is 5.32 Å². The van der Waals surface area contributed by atoms with Gasteiger partial charge >= 0.3 is 0 Å². The molecule has 0 unspecified atom stereocenters. The van der Waals surface area contributed by atoms with E-state index in [2.05, 4.69) is 37.4 Å². The summed E-state index contributed by atoms with van der Waals surface area (Å²) in [7, 11) is 0. The lowest BCUT2D eigenvalue weighted by Gasteiger charge is -2.17. The minimum absolute atomic E-state index is 0.633. The van der Waals surface area contributed by atoms with Gasteiger partial charge in [0.25, 0.3) is 0 Å².